The molecule has 1 aliphatic heterocycles. The minimum atomic E-state index is -2.24. The van der Waals surface area contributed by atoms with E-state index in [0.717, 1.165) is 24.0 Å². The zero-order valence-electron chi connectivity index (χ0n) is 25.7. The number of carbonyl (C=O) groups excluding carboxylic acids is 2. The molecule has 0 aromatic heterocycles. The molecule has 250 valence electrons. The summed E-state index contributed by atoms with van der Waals surface area (Å²) < 4.78 is 71.6. The van der Waals surface area contributed by atoms with Crippen LogP contribution in [-0.4, -0.2) is 28.7 Å². The summed E-state index contributed by atoms with van der Waals surface area (Å²) in [6, 6.07) is 22.8. The molecular formula is C36H32F5N3O3S. The Bertz CT molecular complexity index is 1740. The number of amides is 2. The second-order valence-corrected chi connectivity index (χ2v) is 12.9. The van der Waals surface area contributed by atoms with Gasteiger partial charge in [0.15, 0.2) is 23.3 Å². The van der Waals surface area contributed by atoms with Crippen molar-refractivity contribution in [3.05, 3.63) is 130 Å². The van der Waals surface area contributed by atoms with Crippen molar-refractivity contribution < 1.29 is 36.4 Å². The Balaban J connectivity index is 1.20. The van der Waals surface area contributed by atoms with Crippen molar-refractivity contribution in [2.75, 3.05) is 11.4 Å². The summed E-state index contributed by atoms with van der Waals surface area (Å²) >= 11 is 0.327. The number of nitrogens with one attached hydrogen (secondary N) is 1. The van der Waals surface area contributed by atoms with Gasteiger partial charge in [0.1, 0.15) is 10.9 Å². The van der Waals surface area contributed by atoms with Gasteiger partial charge < -0.3 is 4.90 Å². The van der Waals surface area contributed by atoms with Gasteiger partial charge in [-0.25, -0.2) is 31.7 Å². The van der Waals surface area contributed by atoms with Crippen molar-refractivity contribution in [3.63, 3.8) is 0 Å². The largest absolute Gasteiger partial charge is 0.307 e. The summed E-state index contributed by atoms with van der Waals surface area (Å²) in [5.74, 6) is -10.6. The molecule has 12 heteroatoms. The number of hydroxylamine groups is 1. The Morgan fingerprint density at radius 2 is 1.40 bits per heavy atom. The summed E-state index contributed by atoms with van der Waals surface area (Å²) in [5.41, 5.74) is 6.09. The van der Waals surface area contributed by atoms with Crippen LogP contribution in [0, 0.1) is 29.1 Å². The number of rotatable bonds is 11. The van der Waals surface area contributed by atoms with E-state index in [0.29, 0.717) is 30.0 Å². The van der Waals surface area contributed by atoms with Crippen LogP contribution in [0.3, 0.4) is 0 Å². The van der Waals surface area contributed by atoms with E-state index in [-0.39, 0.29) is 25.3 Å². The molecule has 1 saturated heterocycles. The number of hydrogen-bond acceptors (Lipinski definition) is 5. The van der Waals surface area contributed by atoms with E-state index in [1.165, 1.54) is 27.6 Å². The molecule has 4 aromatic rings. The minimum Gasteiger partial charge on any atom is -0.307 e. The normalized spacial score (nSPS) is 16.5. The molecule has 0 bridgehead atoms. The maximum absolute atomic E-state index is 14.5. The van der Waals surface area contributed by atoms with Crippen LogP contribution in [0.4, 0.5) is 27.6 Å². The molecule has 4 aromatic carbocycles. The van der Waals surface area contributed by atoms with Crippen LogP contribution in [0.2, 0.25) is 0 Å². The Kier molecular flexibility index (Phi) is 10.4. The average Bonchev–Trinajstić information content (AvgIpc) is 3.64. The standard InChI is InChI=1S/C36H32F5N3O3S/c37-29-30(38)32(40)34(33(41)31(29)39)48-44-19-18-28(44)36(46)43(20-22-10-12-25(13-11-22)24-8-4-5-9-24)27-16-14-26(15-17-27)35(45)42-47-21-23-6-2-1-3-7-23/h1-3,6-7,10-17,24,28H,4-5,8-9,18-21H2,(H,42,45)/t28-/m1/s1. The van der Waals surface area contributed by atoms with Gasteiger partial charge in [-0.05, 0) is 78.1 Å². The van der Waals surface area contributed by atoms with Gasteiger partial charge in [-0.1, -0.05) is 67.4 Å². The SMILES string of the molecule is O=C(NOCc1ccccc1)c1ccc(N(Cc2ccc(C3CCCC3)cc2)C(=O)[C@H]2CCN2Sc2c(F)c(F)c(F)c(F)c2F)cc1. The van der Waals surface area contributed by atoms with Gasteiger partial charge >= 0.3 is 0 Å². The van der Waals surface area contributed by atoms with Crippen molar-refractivity contribution in [1.29, 1.82) is 0 Å². The lowest BCUT2D eigenvalue weighted by molar-refractivity contribution is -0.124. The molecule has 1 aliphatic carbocycles. The predicted octanol–water partition coefficient (Wildman–Crippen LogP) is 8.22. The van der Waals surface area contributed by atoms with Gasteiger partial charge in [0.05, 0.1) is 13.2 Å². The van der Waals surface area contributed by atoms with E-state index in [1.54, 1.807) is 24.3 Å². The summed E-state index contributed by atoms with van der Waals surface area (Å²) in [5, 5.41) is 0. The number of benzene rings is 4. The van der Waals surface area contributed by atoms with Gasteiger partial charge in [0.25, 0.3) is 5.91 Å². The number of carbonyl (C=O) groups is 2. The highest BCUT2D eigenvalue weighted by Crippen LogP contribution is 2.39. The third-order valence-corrected chi connectivity index (χ3v) is 9.95. The molecule has 2 aliphatic rings. The zero-order chi connectivity index (χ0) is 33.8. The number of nitrogens with zero attached hydrogens (tertiary/aromatic N) is 2. The van der Waals surface area contributed by atoms with E-state index in [4.69, 9.17) is 4.84 Å². The fourth-order valence-electron chi connectivity index (χ4n) is 5.93. The first-order valence-corrected chi connectivity index (χ1v) is 16.4. The van der Waals surface area contributed by atoms with Crippen molar-refractivity contribution in [3.8, 4) is 0 Å². The maximum Gasteiger partial charge on any atom is 0.274 e. The van der Waals surface area contributed by atoms with Crippen molar-refractivity contribution in [2.24, 2.45) is 0 Å². The molecule has 2 fully saturated rings. The molecule has 1 atom stereocenters. The third-order valence-electron chi connectivity index (χ3n) is 8.73. The average molecular weight is 682 g/mol. The van der Waals surface area contributed by atoms with Gasteiger partial charge in [0, 0.05) is 17.8 Å². The lowest BCUT2D eigenvalue weighted by Crippen LogP contribution is -2.54. The van der Waals surface area contributed by atoms with E-state index in [1.807, 2.05) is 42.5 Å². The molecular weight excluding hydrogens is 649 g/mol. The Hall–Kier alpha value is -4.26. The van der Waals surface area contributed by atoms with Crippen LogP contribution in [0.15, 0.2) is 83.8 Å². The molecule has 6 rings (SSSR count). The third kappa shape index (κ3) is 7.25. The molecule has 1 N–H and O–H groups in total. The predicted molar refractivity (Wildman–Crippen MR) is 171 cm³/mol. The van der Waals surface area contributed by atoms with E-state index < -0.39 is 51.8 Å². The fourth-order valence-corrected chi connectivity index (χ4v) is 7.02. The van der Waals surface area contributed by atoms with Crippen LogP contribution in [0.5, 0.6) is 0 Å². The van der Waals surface area contributed by atoms with Crippen LogP contribution in [-0.2, 0) is 22.8 Å². The van der Waals surface area contributed by atoms with Gasteiger partial charge in [-0.15, -0.1) is 0 Å². The Morgan fingerprint density at radius 1 is 0.771 bits per heavy atom. The first-order valence-electron chi connectivity index (χ1n) is 15.6. The summed E-state index contributed by atoms with van der Waals surface area (Å²) in [6.45, 7) is 0.507. The maximum atomic E-state index is 14.5. The molecule has 0 radical (unpaired) electrons. The van der Waals surface area contributed by atoms with Crippen LogP contribution in [0.25, 0.3) is 0 Å². The second kappa shape index (κ2) is 14.9. The van der Waals surface area contributed by atoms with E-state index in [2.05, 4.69) is 17.6 Å². The molecule has 0 unspecified atom stereocenters. The molecule has 48 heavy (non-hydrogen) atoms. The molecule has 6 nitrogen and oxygen atoms in total. The topological polar surface area (TPSA) is 61.9 Å². The lowest BCUT2D eigenvalue weighted by atomic mass is 9.96. The molecule has 1 saturated carbocycles. The first-order chi connectivity index (χ1) is 23.2. The minimum absolute atomic E-state index is 0.146. The number of halogens is 5. The number of anilines is 1. The number of hydrogen-bond donors (Lipinski definition) is 1. The van der Waals surface area contributed by atoms with Crippen molar-refractivity contribution in [2.45, 2.75) is 62.1 Å². The fraction of sp³-hybridized carbons (Fsp3) is 0.278. The van der Waals surface area contributed by atoms with Crippen LogP contribution < -0.4 is 10.4 Å². The Morgan fingerprint density at radius 3 is 2.00 bits per heavy atom. The smallest absolute Gasteiger partial charge is 0.274 e. The van der Waals surface area contributed by atoms with Crippen LogP contribution in [0.1, 0.15) is 65.1 Å². The second-order valence-electron chi connectivity index (χ2n) is 11.8. The van der Waals surface area contributed by atoms with E-state index in [9.17, 15) is 31.5 Å². The van der Waals surface area contributed by atoms with Gasteiger partial charge in [-0.2, -0.15) is 0 Å². The lowest BCUT2D eigenvalue weighted by Gasteiger charge is -2.41. The molecule has 0 spiro atoms. The first kappa shape index (κ1) is 33.6. The van der Waals surface area contributed by atoms with Gasteiger partial charge in [0.2, 0.25) is 11.7 Å². The zero-order valence-corrected chi connectivity index (χ0v) is 26.6. The quantitative estimate of drug-likeness (QED) is 0.0569. The van der Waals surface area contributed by atoms with Gasteiger partial charge in [-0.3, -0.25) is 14.4 Å². The summed E-state index contributed by atoms with van der Waals surface area (Å²) in [4.78, 5) is 32.5. The molecule has 2 amide bonds. The monoisotopic (exact) mass is 681 g/mol. The van der Waals surface area contributed by atoms with E-state index >= 15 is 0 Å². The summed E-state index contributed by atoms with van der Waals surface area (Å²) in [6.07, 6.45) is 4.97. The summed E-state index contributed by atoms with van der Waals surface area (Å²) in [7, 11) is 0. The highest BCUT2D eigenvalue weighted by molar-refractivity contribution is 7.97. The van der Waals surface area contributed by atoms with Crippen molar-refractivity contribution in [1.82, 2.24) is 9.79 Å². The Labute approximate surface area is 279 Å². The van der Waals surface area contributed by atoms with Crippen LogP contribution >= 0.6 is 11.9 Å². The highest BCUT2D eigenvalue weighted by atomic mass is 32.2. The highest BCUT2D eigenvalue weighted by Gasteiger charge is 2.40. The van der Waals surface area contributed by atoms with Crippen molar-refractivity contribution >= 4 is 29.4 Å². The molecule has 1 heterocycles.